The molecule has 2 fully saturated rings. The average Bonchev–Trinajstić information content (AvgIpc) is 3.75. The lowest BCUT2D eigenvalue weighted by atomic mass is 10.1. The lowest BCUT2D eigenvalue weighted by Gasteiger charge is -2.36. The second kappa shape index (κ2) is 10.3. The Morgan fingerprint density at radius 1 is 0.944 bits per heavy atom. The predicted molar refractivity (Wildman–Crippen MR) is 141 cm³/mol. The van der Waals surface area contributed by atoms with Crippen LogP contribution in [0.1, 0.15) is 19.8 Å². The van der Waals surface area contributed by atoms with Crippen LogP contribution in [-0.2, 0) is 9.59 Å². The van der Waals surface area contributed by atoms with E-state index in [1.165, 1.54) is 0 Å². The van der Waals surface area contributed by atoms with Crippen molar-refractivity contribution in [2.24, 2.45) is 11.7 Å². The standard InChI is InChI=1S/C27H31N7O2/c1-18(28)25(35)30-21-6-4-19(5-7-21)24-12-13-29-27(32-24)31-22-8-10-23(11-9-22)33-14-16-34(17-15-33)26(36)20-2-3-20/h4-13,18,20H,2-3,14-17,28H2,1H3,(H,30,35)(H,29,31,32)/t18-/m1/s1. The van der Waals surface area contributed by atoms with Gasteiger partial charge in [-0.1, -0.05) is 12.1 Å². The molecule has 1 saturated carbocycles. The Labute approximate surface area is 210 Å². The van der Waals surface area contributed by atoms with E-state index in [1.807, 2.05) is 47.4 Å². The summed E-state index contributed by atoms with van der Waals surface area (Å²) < 4.78 is 0. The number of hydrogen-bond acceptors (Lipinski definition) is 7. The summed E-state index contributed by atoms with van der Waals surface area (Å²) in [6, 6.07) is 16.9. The van der Waals surface area contributed by atoms with Crippen LogP contribution in [0.4, 0.5) is 23.0 Å². The number of nitrogens with one attached hydrogen (secondary N) is 2. The molecule has 0 bridgehead atoms. The van der Waals surface area contributed by atoms with Crippen LogP contribution >= 0.6 is 0 Å². The van der Waals surface area contributed by atoms with E-state index in [9.17, 15) is 9.59 Å². The molecule has 1 aromatic heterocycles. The third-order valence-electron chi connectivity index (χ3n) is 6.52. The SMILES string of the molecule is C[C@@H](N)C(=O)Nc1ccc(-c2ccnc(Nc3ccc(N4CCN(C(=O)C5CC5)CC4)cc3)n2)cc1. The van der Waals surface area contributed by atoms with E-state index >= 15 is 0 Å². The van der Waals surface area contributed by atoms with E-state index in [2.05, 4.69) is 37.6 Å². The maximum Gasteiger partial charge on any atom is 0.240 e. The van der Waals surface area contributed by atoms with Gasteiger partial charge in [0.2, 0.25) is 17.8 Å². The molecule has 2 heterocycles. The normalized spacial score (nSPS) is 16.4. The highest BCUT2D eigenvalue weighted by Crippen LogP contribution is 2.31. The predicted octanol–water partition coefficient (Wildman–Crippen LogP) is 3.23. The van der Waals surface area contributed by atoms with Crippen LogP contribution < -0.4 is 21.3 Å². The molecule has 0 radical (unpaired) electrons. The van der Waals surface area contributed by atoms with Crippen LogP contribution in [-0.4, -0.2) is 58.9 Å². The number of carbonyl (C=O) groups excluding carboxylic acids is 2. The number of amides is 2. The Morgan fingerprint density at radius 3 is 2.25 bits per heavy atom. The number of carbonyl (C=O) groups is 2. The van der Waals surface area contributed by atoms with Crippen molar-refractivity contribution in [3.8, 4) is 11.3 Å². The van der Waals surface area contributed by atoms with Crippen molar-refractivity contribution in [2.45, 2.75) is 25.8 Å². The van der Waals surface area contributed by atoms with Gasteiger partial charge in [0, 0.05) is 60.9 Å². The highest BCUT2D eigenvalue weighted by Gasteiger charge is 2.34. The molecule has 2 aliphatic rings. The Hall–Kier alpha value is -3.98. The maximum absolute atomic E-state index is 12.3. The lowest BCUT2D eigenvalue weighted by molar-refractivity contribution is -0.132. The molecule has 36 heavy (non-hydrogen) atoms. The molecule has 2 amide bonds. The van der Waals surface area contributed by atoms with E-state index in [-0.39, 0.29) is 11.8 Å². The van der Waals surface area contributed by atoms with Crippen molar-refractivity contribution in [1.82, 2.24) is 14.9 Å². The summed E-state index contributed by atoms with van der Waals surface area (Å²) in [6.45, 7) is 4.92. The minimum atomic E-state index is -0.568. The summed E-state index contributed by atoms with van der Waals surface area (Å²) in [5.41, 5.74) is 10.0. The topological polar surface area (TPSA) is 116 Å². The Morgan fingerprint density at radius 2 is 1.61 bits per heavy atom. The highest BCUT2D eigenvalue weighted by atomic mass is 16.2. The molecular weight excluding hydrogens is 454 g/mol. The number of benzene rings is 2. The highest BCUT2D eigenvalue weighted by molar-refractivity contribution is 5.94. The first-order valence-electron chi connectivity index (χ1n) is 12.4. The summed E-state index contributed by atoms with van der Waals surface area (Å²) in [6.07, 6.45) is 3.83. The number of anilines is 4. The van der Waals surface area contributed by atoms with E-state index in [0.717, 1.165) is 61.7 Å². The zero-order valence-electron chi connectivity index (χ0n) is 20.4. The van der Waals surface area contributed by atoms with Gasteiger partial charge < -0.3 is 26.2 Å². The molecule has 4 N–H and O–H groups in total. The fraction of sp³-hybridized carbons (Fsp3) is 0.333. The van der Waals surface area contributed by atoms with Crippen LogP contribution in [0.5, 0.6) is 0 Å². The minimum Gasteiger partial charge on any atom is -0.368 e. The van der Waals surface area contributed by atoms with Gasteiger partial charge in [0.1, 0.15) is 0 Å². The number of hydrogen-bond donors (Lipinski definition) is 3. The molecule has 5 rings (SSSR count). The molecule has 2 aromatic carbocycles. The van der Waals surface area contributed by atoms with Crippen LogP contribution in [0.2, 0.25) is 0 Å². The van der Waals surface area contributed by atoms with Crippen LogP contribution in [0.15, 0.2) is 60.8 Å². The first-order chi connectivity index (χ1) is 17.5. The molecule has 1 aliphatic heterocycles. The number of nitrogens with two attached hydrogens (primary N) is 1. The van der Waals surface area contributed by atoms with Gasteiger partial charge >= 0.3 is 0 Å². The molecule has 186 valence electrons. The average molecular weight is 486 g/mol. The van der Waals surface area contributed by atoms with E-state index in [4.69, 9.17) is 5.73 Å². The molecule has 1 saturated heterocycles. The smallest absolute Gasteiger partial charge is 0.240 e. The van der Waals surface area contributed by atoms with Crippen LogP contribution in [0, 0.1) is 5.92 Å². The van der Waals surface area contributed by atoms with Crippen LogP contribution in [0.3, 0.4) is 0 Å². The molecule has 1 atom stereocenters. The fourth-order valence-corrected chi connectivity index (χ4v) is 4.22. The van der Waals surface area contributed by atoms with Gasteiger partial charge in [-0.05, 0) is 62.2 Å². The zero-order chi connectivity index (χ0) is 25.1. The first kappa shape index (κ1) is 23.7. The number of piperazine rings is 1. The molecule has 9 nitrogen and oxygen atoms in total. The summed E-state index contributed by atoms with van der Waals surface area (Å²) in [4.78, 5) is 37.4. The second-order valence-corrected chi connectivity index (χ2v) is 9.38. The van der Waals surface area contributed by atoms with Gasteiger partial charge in [-0.3, -0.25) is 9.59 Å². The second-order valence-electron chi connectivity index (χ2n) is 9.38. The summed E-state index contributed by atoms with van der Waals surface area (Å²) in [5, 5.41) is 6.05. The van der Waals surface area contributed by atoms with Crippen molar-refractivity contribution in [3.05, 3.63) is 60.8 Å². The van der Waals surface area contributed by atoms with Crippen molar-refractivity contribution in [3.63, 3.8) is 0 Å². The van der Waals surface area contributed by atoms with Crippen molar-refractivity contribution in [1.29, 1.82) is 0 Å². The molecule has 9 heteroatoms. The van der Waals surface area contributed by atoms with E-state index in [0.29, 0.717) is 17.5 Å². The van der Waals surface area contributed by atoms with Gasteiger partial charge in [-0.15, -0.1) is 0 Å². The van der Waals surface area contributed by atoms with Gasteiger partial charge in [0.25, 0.3) is 0 Å². The van der Waals surface area contributed by atoms with Crippen molar-refractivity contribution < 1.29 is 9.59 Å². The van der Waals surface area contributed by atoms with E-state index < -0.39 is 6.04 Å². The number of rotatable bonds is 7. The van der Waals surface area contributed by atoms with Crippen molar-refractivity contribution in [2.75, 3.05) is 41.7 Å². The minimum absolute atomic E-state index is 0.228. The Bertz CT molecular complexity index is 1220. The molecule has 1 aliphatic carbocycles. The Kier molecular flexibility index (Phi) is 6.81. The monoisotopic (exact) mass is 485 g/mol. The fourth-order valence-electron chi connectivity index (χ4n) is 4.22. The quantitative estimate of drug-likeness (QED) is 0.470. The number of aromatic nitrogens is 2. The molecule has 3 aromatic rings. The van der Waals surface area contributed by atoms with Crippen LogP contribution in [0.25, 0.3) is 11.3 Å². The first-order valence-corrected chi connectivity index (χ1v) is 12.4. The summed E-state index contributed by atoms with van der Waals surface area (Å²) >= 11 is 0. The summed E-state index contributed by atoms with van der Waals surface area (Å²) in [5.74, 6) is 0.894. The molecular formula is C27H31N7O2. The Balaban J connectivity index is 1.18. The van der Waals surface area contributed by atoms with Gasteiger partial charge in [-0.2, -0.15) is 0 Å². The molecule has 0 unspecified atom stereocenters. The third-order valence-corrected chi connectivity index (χ3v) is 6.52. The van der Waals surface area contributed by atoms with E-state index in [1.54, 1.807) is 13.1 Å². The largest absolute Gasteiger partial charge is 0.368 e. The van der Waals surface area contributed by atoms with Gasteiger partial charge in [0.05, 0.1) is 11.7 Å². The molecule has 0 spiro atoms. The summed E-state index contributed by atoms with van der Waals surface area (Å²) in [7, 11) is 0. The maximum atomic E-state index is 12.3. The van der Waals surface area contributed by atoms with Gasteiger partial charge in [-0.25, -0.2) is 9.97 Å². The lowest BCUT2D eigenvalue weighted by Crippen LogP contribution is -2.49. The third kappa shape index (κ3) is 5.63. The number of nitrogens with zero attached hydrogens (tertiary/aromatic N) is 4. The van der Waals surface area contributed by atoms with Gasteiger partial charge in [0.15, 0.2) is 0 Å². The van der Waals surface area contributed by atoms with Crippen molar-refractivity contribution >= 4 is 34.8 Å². The zero-order valence-corrected chi connectivity index (χ0v) is 20.4.